The molecule has 0 saturated carbocycles. The zero-order chi connectivity index (χ0) is 21.8. The van der Waals surface area contributed by atoms with E-state index in [4.69, 9.17) is 0 Å². The molecule has 2 aliphatic rings. The zero-order valence-corrected chi connectivity index (χ0v) is 17.3. The summed E-state index contributed by atoms with van der Waals surface area (Å²) in [5, 5.41) is 17.9. The lowest BCUT2D eigenvalue weighted by molar-refractivity contribution is -0.136. The van der Waals surface area contributed by atoms with Crippen molar-refractivity contribution in [2.75, 3.05) is 31.1 Å². The maximum Gasteiger partial charge on any atom is 0.245 e. The minimum absolute atomic E-state index is 0.0282. The van der Waals surface area contributed by atoms with Gasteiger partial charge in [-0.1, -0.05) is 12.6 Å². The Balaban J connectivity index is 1.55. The molecule has 6 nitrogen and oxygen atoms in total. The Bertz CT molecular complexity index is 1260. The number of carbonyl (C=O) groups excluding carboxylic acids is 1. The lowest BCUT2D eigenvalue weighted by Crippen LogP contribution is -2.59. The number of rotatable bonds is 3. The Morgan fingerprint density at radius 1 is 1.29 bits per heavy atom. The van der Waals surface area contributed by atoms with E-state index in [1.54, 1.807) is 17.2 Å². The third kappa shape index (κ3) is 2.90. The van der Waals surface area contributed by atoms with Crippen LogP contribution in [0.5, 0.6) is 0 Å². The minimum atomic E-state index is -0.419. The van der Waals surface area contributed by atoms with E-state index in [9.17, 15) is 10.1 Å². The van der Waals surface area contributed by atoms with Crippen LogP contribution < -0.4 is 4.90 Å². The van der Waals surface area contributed by atoms with E-state index in [1.807, 2.05) is 19.1 Å². The number of aromatic amines is 1. The summed E-state index contributed by atoms with van der Waals surface area (Å²) in [6.07, 6.45) is 3.95. The topological polar surface area (TPSA) is 76.0 Å². The highest BCUT2D eigenvalue weighted by atomic mass is 19.1. The van der Waals surface area contributed by atoms with E-state index in [0.29, 0.717) is 29.8 Å². The summed E-state index contributed by atoms with van der Waals surface area (Å²) in [4.78, 5) is 15.8. The number of carbonyl (C=O) groups is 1. The number of fused-ring (bicyclic) bond motifs is 1. The molecule has 1 N–H and O–H groups in total. The number of amides is 1. The predicted octanol–water partition coefficient (Wildman–Crippen LogP) is 3.77. The number of nitrogens with zero attached hydrogens (tertiary/aromatic N) is 4. The molecule has 156 valence electrons. The van der Waals surface area contributed by atoms with Gasteiger partial charge in [0.1, 0.15) is 11.9 Å². The van der Waals surface area contributed by atoms with Crippen LogP contribution in [0.15, 0.2) is 43.1 Å². The molecule has 0 unspecified atom stereocenters. The molecular weight excluding hydrogens is 393 g/mol. The molecule has 5 rings (SSSR count). The van der Waals surface area contributed by atoms with E-state index < -0.39 is 5.82 Å². The van der Waals surface area contributed by atoms with E-state index in [-0.39, 0.29) is 11.3 Å². The molecule has 0 radical (unpaired) electrons. The molecule has 2 aromatic carbocycles. The standard InChI is InChI=1S/C24H22FN5O/c1-3-21(31)30-13-24(14-30)8-9-29(12-24)20-7-5-18(25)23(16(20)10-26)22-15(2)4-6-19-17(22)11-27-28-19/h3-7,11H,1,8-9,12-14H2,2H3,(H,27,28). The SMILES string of the molecule is C=CC(=O)N1CC2(CCN(c3ccc(F)c(-c4c(C)ccc5[nH]ncc45)c3C#N)C2)C1. The molecular formula is C24H22FN5O. The van der Waals surface area contributed by atoms with Gasteiger partial charge in [0.25, 0.3) is 0 Å². The molecule has 1 aromatic heterocycles. The average molecular weight is 415 g/mol. The minimum Gasteiger partial charge on any atom is -0.370 e. The quantitative estimate of drug-likeness (QED) is 0.661. The number of hydrogen-bond donors (Lipinski definition) is 1. The Hall–Kier alpha value is -3.66. The van der Waals surface area contributed by atoms with Gasteiger partial charge in [-0.3, -0.25) is 9.89 Å². The average Bonchev–Trinajstić information content (AvgIpc) is 3.40. The molecule has 2 fully saturated rings. The molecule has 0 bridgehead atoms. The van der Waals surface area contributed by atoms with Crippen molar-refractivity contribution in [3.8, 4) is 17.2 Å². The summed E-state index contributed by atoms with van der Waals surface area (Å²) >= 11 is 0. The van der Waals surface area contributed by atoms with Gasteiger partial charge in [-0.15, -0.1) is 0 Å². The predicted molar refractivity (Wildman–Crippen MR) is 117 cm³/mol. The third-order valence-corrected chi connectivity index (χ3v) is 6.64. The fourth-order valence-corrected chi connectivity index (χ4v) is 5.09. The number of hydrogen-bond acceptors (Lipinski definition) is 4. The number of halogens is 1. The van der Waals surface area contributed by atoms with Crippen LogP contribution in [0.2, 0.25) is 0 Å². The van der Waals surface area contributed by atoms with Gasteiger partial charge in [-0.2, -0.15) is 10.4 Å². The van der Waals surface area contributed by atoms with Crippen molar-refractivity contribution >= 4 is 22.5 Å². The molecule has 1 spiro atoms. The molecule has 1 amide bonds. The normalized spacial score (nSPS) is 17.1. The fraction of sp³-hybridized carbons (Fsp3) is 0.292. The van der Waals surface area contributed by atoms with Crippen LogP contribution in [-0.4, -0.2) is 47.2 Å². The van der Waals surface area contributed by atoms with Crippen LogP contribution in [0.4, 0.5) is 10.1 Å². The Labute approximate surface area is 179 Å². The van der Waals surface area contributed by atoms with Crippen molar-refractivity contribution in [1.29, 1.82) is 5.26 Å². The number of likely N-dealkylation sites (tertiary alicyclic amines) is 1. The van der Waals surface area contributed by atoms with Crippen LogP contribution in [0, 0.1) is 29.5 Å². The molecule has 31 heavy (non-hydrogen) atoms. The lowest BCUT2D eigenvalue weighted by atomic mass is 9.79. The second-order valence-electron chi connectivity index (χ2n) is 8.59. The van der Waals surface area contributed by atoms with Gasteiger partial charge >= 0.3 is 0 Å². The van der Waals surface area contributed by atoms with Crippen LogP contribution >= 0.6 is 0 Å². The molecule has 0 aliphatic carbocycles. The Kier molecular flexibility index (Phi) is 4.33. The smallest absolute Gasteiger partial charge is 0.245 e. The van der Waals surface area contributed by atoms with Gasteiger partial charge < -0.3 is 9.80 Å². The highest BCUT2D eigenvalue weighted by molar-refractivity contribution is 5.98. The van der Waals surface area contributed by atoms with Crippen molar-refractivity contribution in [1.82, 2.24) is 15.1 Å². The van der Waals surface area contributed by atoms with Crippen molar-refractivity contribution in [3.63, 3.8) is 0 Å². The van der Waals surface area contributed by atoms with Gasteiger partial charge in [0.05, 0.1) is 23.0 Å². The van der Waals surface area contributed by atoms with Crippen LogP contribution in [-0.2, 0) is 4.79 Å². The largest absolute Gasteiger partial charge is 0.370 e. The van der Waals surface area contributed by atoms with Crippen molar-refractivity contribution in [2.24, 2.45) is 5.41 Å². The number of benzene rings is 2. The second-order valence-corrected chi connectivity index (χ2v) is 8.59. The number of aromatic nitrogens is 2. The monoisotopic (exact) mass is 415 g/mol. The van der Waals surface area contributed by atoms with E-state index in [0.717, 1.165) is 41.7 Å². The highest BCUT2D eigenvalue weighted by Gasteiger charge is 2.49. The lowest BCUT2D eigenvalue weighted by Gasteiger charge is -2.47. The second kappa shape index (κ2) is 6.95. The first-order valence-corrected chi connectivity index (χ1v) is 10.3. The fourth-order valence-electron chi connectivity index (χ4n) is 5.09. The number of nitriles is 1. The Morgan fingerprint density at radius 2 is 2.10 bits per heavy atom. The van der Waals surface area contributed by atoms with Crippen molar-refractivity contribution < 1.29 is 9.18 Å². The summed E-state index contributed by atoms with van der Waals surface area (Å²) in [5.41, 5.74) is 3.81. The maximum absolute atomic E-state index is 15.2. The van der Waals surface area contributed by atoms with Gasteiger partial charge in [0, 0.05) is 42.5 Å². The summed E-state index contributed by atoms with van der Waals surface area (Å²) in [7, 11) is 0. The van der Waals surface area contributed by atoms with Gasteiger partial charge in [0.15, 0.2) is 0 Å². The number of aryl methyl sites for hydroxylation is 1. The van der Waals surface area contributed by atoms with Gasteiger partial charge in [-0.05, 0) is 48.7 Å². The van der Waals surface area contributed by atoms with Crippen molar-refractivity contribution in [3.05, 3.63) is 60.1 Å². The summed E-state index contributed by atoms with van der Waals surface area (Å²) < 4.78 is 15.2. The number of anilines is 1. The van der Waals surface area contributed by atoms with Crippen LogP contribution in [0.3, 0.4) is 0 Å². The molecule has 7 heteroatoms. The maximum atomic E-state index is 15.2. The van der Waals surface area contributed by atoms with Gasteiger partial charge in [-0.25, -0.2) is 4.39 Å². The first kappa shape index (κ1) is 19.3. The van der Waals surface area contributed by atoms with E-state index >= 15 is 4.39 Å². The number of H-pyrrole nitrogens is 1. The zero-order valence-electron chi connectivity index (χ0n) is 17.3. The first-order chi connectivity index (χ1) is 15.0. The summed E-state index contributed by atoms with van der Waals surface area (Å²) in [5.74, 6) is -0.466. The molecule has 2 aliphatic heterocycles. The molecule has 0 atom stereocenters. The third-order valence-electron chi connectivity index (χ3n) is 6.64. The summed E-state index contributed by atoms with van der Waals surface area (Å²) in [6.45, 7) is 8.36. The summed E-state index contributed by atoms with van der Waals surface area (Å²) in [6, 6.07) is 9.24. The van der Waals surface area contributed by atoms with Crippen LogP contribution in [0.25, 0.3) is 22.0 Å². The molecule has 3 aromatic rings. The highest BCUT2D eigenvalue weighted by Crippen LogP contribution is 2.44. The van der Waals surface area contributed by atoms with E-state index in [2.05, 4.69) is 27.7 Å². The Morgan fingerprint density at radius 3 is 2.84 bits per heavy atom. The number of nitrogens with one attached hydrogen (secondary N) is 1. The van der Waals surface area contributed by atoms with E-state index in [1.165, 1.54) is 12.1 Å². The molecule has 3 heterocycles. The van der Waals surface area contributed by atoms with Gasteiger partial charge in [0.2, 0.25) is 5.91 Å². The molecule has 2 saturated heterocycles. The van der Waals surface area contributed by atoms with Crippen LogP contribution in [0.1, 0.15) is 17.5 Å². The van der Waals surface area contributed by atoms with Crippen molar-refractivity contribution in [2.45, 2.75) is 13.3 Å². The first-order valence-electron chi connectivity index (χ1n) is 10.3.